The van der Waals surface area contributed by atoms with Crippen molar-refractivity contribution in [1.82, 2.24) is 9.97 Å². The van der Waals surface area contributed by atoms with E-state index in [1.54, 1.807) is 6.07 Å². The summed E-state index contributed by atoms with van der Waals surface area (Å²) in [5.74, 6) is 1.49. The van der Waals surface area contributed by atoms with E-state index < -0.39 is 0 Å². The van der Waals surface area contributed by atoms with Gasteiger partial charge in [-0.15, -0.1) is 0 Å². The number of anilines is 2. The van der Waals surface area contributed by atoms with E-state index in [0.717, 1.165) is 38.3 Å². The molecule has 1 saturated heterocycles. The van der Waals surface area contributed by atoms with Crippen LogP contribution >= 0.6 is 0 Å². The summed E-state index contributed by atoms with van der Waals surface area (Å²) in [6, 6.07) is 10.4. The second kappa shape index (κ2) is 5.11. The van der Waals surface area contributed by atoms with Crippen molar-refractivity contribution in [2.24, 2.45) is 0 Å². The molecule has 0 atom stereocenters. The van der Waals surface area contributed by atoms with Crippen LogP contribution in [-0.2, 0) is 5.41 Å². The van der Waals surface area contributed by atoms with Gasteiger partial charge in [-0.05, 0) is 31.4 Å². The fourth-order valence-electron chi connectivity index (χ4n) is 4.20. The maximum Gasteiger partial charge on any atom is 0.252 e. The van der Waals surface area contributed by atoms with E-state index >= 15 is 0 Å². The van der Waals surface area contributed by atoms with Gasteiger partial charge in [-0.2, -0.15) is 0 Å². The van der Waals surface area contributed by atoms with E-state index in [-0.39, 0.29) is 11.0 Å². The predicted octanol–water partition coefficient (Wildman–Crippen LogP) is 2.07. The summed E-state index contributed by atoms with van der Waals surface area (Å²) < 4.78 is 0. The van der Waals surface area contributed by atoms with Crippen LogP contribution in [0.25, 0.3) is 0 Å². The van der Waals surface area contributed by atoms with Gasteiger partial charge < -0.3 is 14.8 Å². The van der Waals surface area contributed by atoms with Gasteiger partial charge in [-0.1, -0.05) is 18.2 Å². The smallest absolute Gasteiger partial charge is 0.252 e. The molecule has 2 aliphatic heterocycles. The SMILES string of the molecule is Cc1nc(N2CCC3(CC2)CN(C)c2ccccc23)cc(=O)[nH]1. The van der Waals surface area contributed by atoms with Crippen LogP contribution in [0.1, 0.15) is 24.2 Å². The first-order valence-electron chi connectivity index (χ1n) is 8.21. The zero-order chi connectivity index (χ0) is 16.0. The molecule has 0 bridgehead atoms. The molecule has 0 aliphatic carbocycles. The number of hydrogen-bond acceptors (Lipinski definition) is 4. The topological polar surface area (TPSA) is 52.2 Å². The Labute approximate surface area is 136 Å². The highest BCUT2D eigenvalue weighted by Gasteiger charge is 2.43. The van der Waals surface area contributed by atoms with Gasteiger partial charge in [0.2, 0.25) is 0 Å². The molecule has 1 aromatic heterocycles. The van der Waals surface area contributed by atoms with E-state index in [1.165, 1.54) is 11.3 Å². The number of rotatable bonds is 1. The molecule has 1 aromatic carbocycles. The summed E-state index contributed by atoms with van der Waals surface area (Å²) >= 11 is 0. The van der Waals surface area contributed by atoms with Gasteiger partial charge in [0.15, 0.2) is 0 Å². The first-order chi connectivity index (χ1) is 11.1. The first kappa shape index (κ1) is 14.3. The summed E-state index contributed by atoms with van der Waals surface area (Å²) in [6.07, 6.45) is 2.20. The standard InChI is InChI=1S/C18H22N4O/c1-13-19-16(11-17(23)20-13)22-9-7-18(8-10-22)12-21(2)15-6-4-3-5-14(15)18/h3-6,11H,7-10,12H2,1-2H3,(H,19,20,23). The van der Waals surface area contributed by atoms with Crippen LogP contribution in [0.2, 0.25) is 0 Å². The summed E-state index contributed by atoms with van der Waals surface area (Å²) in [5, 5.41) is 0. The Bertz CT molecular complexity index is 790. The molecule has 1 fully saturated rings. The van der Waals surface area contributed by atoms with Gasteiger partial charge in [-0.3, -0.25) is 4.79 Å². The number of H-pyrrole nitrogens is 1. The molecule has 1 spiro atoms. The Balaban J connectivity index is 1.59. The Morgan fingerprint density at radius 3 is 2.70 bits per heavy atom. The number of nitrogens with one attached hydrogen (secondary N) is 1. The molecule has 5 heteroatoms. The summed E-state index contributed by atoms with van der Waals surface area (Å²) in [4.78, 5) is 23.5. The molecule has 5 nitrogen and oxygen atoms in total. The van der Waals surface area contributed by atoms with Crippen molar-refractivity contribution in [2.45, 2.75) is 25.2 Å². The number of aromatic nitrogens is 2. The lowest BCUT2D eigenvalue weighted by Crippen LogP contribution is -2.45. The number of benzene rings is 1. The van der Waals surface area contributed by atoms with Crippen molar-refractivity contribution < 1.29 is 0 Å². The van der Waals surface area contributed by atoms with E-state index in [4.69, 9.17) is 0 Å². The Kier molecular flexibility index (Phi) is 3.18. The normalized spacial score (nSPS) is 19.2. The fourth-order valence-corrected chi connectivity index (χ4v) is 4.20. The van der Waals surface area contributed by atoms with E-state index in [2.05, 4.69) is 51.1 Å². The van der Waals surface area contributed by atoms with Crippen molar-refractivity contribution in [1.29, 1.82) is 0 Å². The van der Waals surface area contributed by atoms with Crippen molar-refractivity contribution in [3.8, 4) is 0 Å². The van der Waals surface area contributed by atoms with Crippen molar-refractivity contribution in [2.75, 3.05) is 36.5 Å². The molecule has 4 rings (SSSR count). The van der Waals surface area contributed by atoms with Crippen LogP contribution in [0.5, 0.6) is 0 Å². The maximum absolute atomic E-state index is 11.7. The molecule has 23 heavy (non-hydrogen) atoms. The minimum atomic E-state index is -0.0706. The molecule has 0 saturated carbocycles. The van der Waals surface area contributed by atoms with Crippen LogP contribution in [0.4, 0.5) is 11.5 Å². The maximum atomic E-state index is 11.7. The van der Waals surface area contributed by atoms with Gasteiger partial charge in [0.05, 0.1) is 0 Å². The predicted molar refractivity (Wildman–Crippen MR) is 92.4 cm³/mol. The average Bonchev–Trinajstić information content (AvgIpc) is 2.80. The number of aryl methyl sites for hydroxylation is 1. The van der Waals surface area contributed by atoms with Crippen molar-refractivity contribution >= 4 is 11.5 Å². The lowest BCUT2D eigenvalue weighted by molar-refractivity contribution is 0.352. The Morgan fingerprint density at radius 2 is 1.96 bits per heavy atom. The lowest BCUT2D eigenvalue weighted by atomic mass is 9.74. The van der Waals surface area contributed by atoms with Crippen LogP contribution in [0, 0.1) is 6.92 Å². The Hall–Kier alpha value is -2.30. The van der Waals surface area contributed by atoms with Crippen molar-refractivity contribution in [3.63, 3.8) is 0 Å². The molecule has 0 amide bonds. The summed E-state index contributed by atoms with van der Waals surface area (Å²) in [5.41, 5.74) is 3.03. The van der Waals surface area contributed by atoms with Crippen LogP contribution in [0.3, 0.4) is 0 Å². The monoisotopic (exact) mass is 310 g/mol. The molecule has 2 aromatic rings. The number of aromatic amines is 1. The van der Waals surface area contributed by atoms with Gasteiger partial charge in [-0.25, -0.2) is 4.98 Å². The third-order valence-electron chi connectivity index (χ3n) is 5.32. The average molecular weight is 310 g/mol. The molecule has 2 aliphatic rings. The first-order valence-corrected chi connectivity index (χ1v) is 8.21. The number of para-hydroxylation sites is 1. The largest absolute Gasteiger partial charge is 0.373 e. The van der Waals surface area contributed by atoms with Crippen LogP contribution in [0.15, 0.2) is 35.1 Å². The van der Waals surface area contributed by atoms with Gasteiger partial charge in [0, 0.05) is 43.9 Å². The third kappa shape index (κ3) is 2.31. The van der Waals surface area contributed by atoms with E-state index in [0.29, 0.717) is 5.82 Å². The highest BCUT2D eigenvalue weighted by Crippen LogP contribution is 2.46. The minimum Gasteiger partial charge on any atom is -0.373 e. The highest BCUT2D eigenvalue weighted by atomic mass is 16.1. The number of fused-ring (bicyclic) bond motifs is 2. The zero-order valence-electron chi connectivity index (χ0n) is 13.7. The lowest BCUT2D eigenvalue weighted by Gasteiger charge is -2.40. The highest BCUT2D eigenvalue weighted by molar-refractivity contribution is 5.62. The second-order valence-electron chi connectivity index (χ2n) is 6.83. The summed E-state index contributed by atoms with van der Waals surface area (Å²) in [6.45, 7) is 4.80. The molecular weight excluding hydrogens is 288 g/mol. The zero-order valence-corrected chi connectivity index (χ0v) is 13.7. The van der Waals surface area contributed by atoms with Crippen LogP contribution < -0.4 is 15.4 Å². The molecule has 1 N–H and O–H groups in total. The minimum absolute atomic E-state index is 0.0706. The van der Waals surface area contributed by atoms with Crippen molar-refractivity contribution in [3.05, 3.63) is 52.1 Å². The quantitative estimate of drug-likeness (QED) is 0.876. The number of piperidine rings is 1. The van der Waals surface area contributed by atoms with E-state index in [9.17, 15) is 4.79 Å². The third-order valence-corrected chi connectivity index (χ3v) is 5.32. The van der Waals surface area contributed by atoms with E-state index in [1.807, 2.05) is 6.92 Å². The summed E-state index contributed by atoms with van der Waals surface area (Å²) in [7, 11) is 2.18. The molecule has 120 valence electrons. The fraction of sp³-hybridized carbons (Fsp3) is 0.444. The van der Waals surface area contributed by atoms with Gasteiger partial charge in [0.1, 0.15) is 11.6 Å². The molecular formula is C18H22N4O. The van der Waals surface area contributed by atoms with Crippen LogP contribution in [-0.4, -0.2) is 36.6 Å². The van der Waals surface area contributed by atoms with Gasteiger partial charge >= 0.3 is 0 Å². The number of likely N-dealkylation sites (N-methyl/N-ethyl adjacent to an activating group) is 1. The number of nitrogens with zero attached hydrogens (tertiary/aromatic N) is 3. The second-order valence-corrected chi connectivity index (χ2v) is 6.83. The molecule has 0 radical (unpaired) electrons. The van der Waals surface area contributed by atoms with Gasteiger partial charge in [0.25, 0.3) is 5.56 Å². The molecule has 3 heterocycles. The molecule has 0 unspecified atom stereocenters. The Morgan fingerprint density at radius 1 is 1.22 bits per heavy atom. The number of hydrogen-bond donors (Lipinski definition) is 1.